The van der Waals surface area contributed by atoms with E-state index in [-0.39, 0.29) is 5.69 Å². The van der Waals surface area contributed by atoms with Gasteiger partial charge in [-0.2, -0.15) is 0 Å². The first-order valence-electron chi connectivity index (χ1n) is 5.86. The summed E-state index contributed by atoms with van der Waals surface area (Å²) in [6.07, 6.45) is 0.528. The first kappa shape index (κ1) is 10.8. The zero-order valence-electron chi connectivity index (χ0n) is 9.43. The van der Waals surface area contributed by atoms with Gasteiger partial charge in [0.1, 0.15) is 11.4 Å². The number of rotatable bonds is 1. The van der Waals surface area contributed by atoms with Gasteiger partial charge in [0, 0.05) is 44.2 Å². The largest absolute Gasteiger partial charge is 0.493 e. The monoisotopic (exact) mass is 240 g/mol. The van der Waals surface area contributed by atoms with E-state index in [9.17, 15) is 8.78 Å². The van der Waals surface area contributed by atoms with Crippen LogP contribution in [-0.4, -0.2) is 32.8 Å². The summed E-state index contributed by atoms with van der Waals surface area (Å²) in [4.78, 5) is 1.76. The highest BCUT2D eigenvalue weighted by Crippen LogP contribution is 2.36. The topological polar surface area (TPSA) is 24.5 Å². The summed E-state index contributed by atoms with van der Waals surface area (Å²) in [5, 5.41) is 3.16. The predicted octanol–water partition coefficient (Wildman–Crippen LogP) is 1.31. The molecule has 1 saturated heterocycles. The molecular formula is C12H14F2N2O. The minimum Gasteiger partial charge on any atom is -0.493 e. The minimum absolute atomic E-state index is 0.107. The molecule has 1 N–H and O–H groups in total. The summed E-state index contributed by atoms with van der Waals surface area (Å²) >= 11 is 0. The Morgan fingerprint density at radius 1 is 1.24 bits per heavy atom. The van der Waals surface area contributed by atoms with Crippen LogP contribution < -0.4 is 15.0 Å². The van der Waals surface area contributed by atoms with E-state index in [1.165, 1.54) is 6.07 Å². The molecule has 1 fully saturated rings. The fraction of sp³-hybridized carbons (Fsp3) is 0.500. The van der Waals surface area contributed by atoms with Crippen LogP contribution in [0, 0.1) is 11.6 Å². The molecule has 3 rings (SSSR count). The molecule has 0 amide bonds. The number of ether oxygens (including phenoxy) is 1. The molecule has 3 nitrogen and oxygen atoms in total. The van der Waals surface area contributed by atoms with E-state index in [0.29, 0.717) is 37.4 Å². The zero-order valence-corrected chi connectivity index (χ0v) is 9.43. The van der Waals surface area contributed by atoms with Crippen molar-refractivity contribution < 1.29 is 13.5 Å². The lowest BCUT2D eigenvalue weighted by molar-refractivity contribution is 0.355. The van der Waals surface area contributed by atoms with Gasteiger partial charge in [0.05, 0.1) is 6.61 Å². The molecule has 0 atom stereocenters. The van der Waals surface area contributed by atoms with Gasteiger partial charge < -0.3 is 15.0 Å². The summed E-state index contributed by atoms with van der Waals surface area (Å²) in [5.41, 5.74) is 0.621. The summed E-state index contributed by atoms with van der Waals surface area (Å²) in [6.45, 7) is 3.22. The van der Waals surface area contributed by atoms with Crippen LogP contribution in [0.3, 0.4) is 0 Å². The lowest BCUT2D eigenvalue weighted by atomic mass is 10.1. The molecule has 5 heteroatoms. The van der Waals surface area contributed by atoms with Crippen LogP contribution in [0.25, 0.3) is 0 Å². The van der Waals surface area contributed by atoms with E-state index in [0.717, 1.165) is 13.1 Å². The van der Waals surface area contributed by atoms with Crippen LogP contribution in [0.1, 0.15) is 5.56 Å². The van der Waals surface area contributed by atoms with E-state index in [1.54, 1.807) is 4.90 Å². The van der Waals surface area contributed by atoms with E-state index in [1.807, 2.05) is 0 Å². The van der Waals surface area contributed by atoms with E-state index < -0.39 is 11.6 Å². The second-order valence-corrected chi connectivity index (χ2v) is 4.33. The summed E-state index contributed by atoms with van der Waals surface area (Å²) < 4.78 is 33.3. The Labute approximate surface area is 98.4 Å². The maximum absolute atomic E-state index is 14.2. The molecule has 2 aliphatic heterocycles. The van der Waals surface area contributed by atoms with Crippen LogP contribution in [-0.2, 0) is 6.42 Å². The third kappa shape index (κ3) is 1.74. The molecule has 0 unspecified atom stereocenters. The fourth-order valence-corrected chi connectivity index (χ4v) is 2.43. The molecular weight excluding hydrogens is 226 g/mol. The molecule has 1 aromatic rings. The van der Waals surface area contributed by atoms with Crippen LogP contribution in [0.5, 0.6) is 5.75 Å². The van der Waals surface area contributed by atoms with Crippen molar-refractivity contribution in [2.75, 3.05) is 37.7 Å². The maximum Gasteiger partial charge on any atom is 0.156 e. The molecule has 17 heavy (non-hydrogen) atoms. The molecule has 0 aromatic heterocycles. The number of hydrogen-bond donors (Lipinski definition) is 1. The molecule has 0 bridgehead atoms. The molecule has 2 heterocycles. The summed E-state index contributed by atoms with van der Waals surface area (Å²) in [6, 6.07) is 1.31. The van der Waals surface area contributed by atoms with Crippen molar-refractivity contribution in [1.82, 2.24) is 5.32 Å². The Bertz CT molecular complexity index is 445. The number of fused-ring (bicyclic) bond motifs is 1. The number of benzene rings is 1. The van der Waals surface area contributed by atoms with Crippen LogP contribution in [0.15, 0.2) is 6.07 Å². The van der Waals surface area contributed by atoms with Crippen molar-refractivity contribution in [2.24, 2.45) is 0 Å². The van der Waals surface area contributed by atoms with E-state index in [4.69, 9.17) is 4.74 Å². The first-order chi connectivity index (χ1) is 8.27. The van der Waals surface area contributed by atoms with Gasteiger partial charge in [-0.15, -0.1) is 0 Å². The number of anilines is 1. The SMILES string of the molecule is Fc1cc2c(c(F)c1N1CCNCC1)CCO2. The third-order valence-electron chi connectivity index (χ3n) is 3.30. The van der Waals surface area contributed by atoms with E-state index >= 15 is 0 Å². The fourth-order valence-electron chi connectivity index (χ4n) is 2.43. The normalized spacial score (nSPS) is 19.1. The highest BCUT2D eigenvalue weighted by atomic mass is 19.1. The molecule has 0 spiro atoms. The molecule has 0 saturated carbocycles. The predicted molar refractivity (Wildman–Crippen MR) is 60.6 cm³/mol. The van der Waals surface area contributed by atoms with Gasteiger partial charge in [-0.1, -0.05) is 0 Å². The van der Waals surface area contributed by atoms with Gasteiger partial charge in [0.2, 0.25) is 0 Å². The standard InChI is InChI=1S/C12H14F2N2O/c13-9-7-10-8(1-6-17-10)11(14)12(9)16-4-2-15-3-5-16/h7,15H,1-6H2. The first-order valence-corrected chi connectivity index (χ1v) is 5.86. The van der Waals surface area contributed by atoms with Crippen LogP contribution >= 0.6 is 0 Å². The summed E-state index contributed by atoms with van der Waals surface area (Å²) in [5.74, 6) is -0.608. The van der Waals surface area contributed by atoms with Crippen LogP contribution in [0.4, 0.5) is 14.5 Å². The lowest BCUT2D eigenvalue weighted by Crippen LogP contribution is -2.44. The Balaban J connectivity index is 2.03. The second kappa shape index (κ2) is 4.14. The quantitative estimate of drug-likeness (QED) is 0.801. The molecule has 0 radical (unpaired) electrons. The van der Waals surface area contributed by atoms with Gasteiger partial charge in [0.25, 0.3) is 0 Å². The Hall–Kier alpha value is -1.36. The average molecular weight is 240 g/mol. The van der Waals surface area contributed by atoms with Crippen molar-refractivity contribution in [3.8, 4) is 5.75 Å². The van der Waals surface area contributed by atoms with E-state index in [2.05, 4.69) is 5.32 Å². The molecule has 92 valence electrons. The van der Waals surface area contributed by atoms with Gasteiger partial charge >= 0.3 is 0 Å². The lowest BCUT2D eigenvalue weighted by Gasteiger charge is -2.30. The maximum atomic E-state index is 14.2. The van der Waals surface area contributed by atoms with Crippen LogP contribution in [0.2, 0.25) is 0 Å². The van der Waals surface area contributed by atoms with Crippen molar-refractivity contribution in [3.05, 3.63) is 23.3 Å². The van der Waals surface area contributed by atoms with Crippen molar-refractivity contribution in [3.63, 3.8) is 0 Å². The number of halogens is 2. The molecule has 0 aliphatic carbocycles. The molecule has 1 aromatic carbocycles. The van der Waals surface area contributed by atoms with Gasteiger partial charge in [-0.25, -0.2) is 8.78 Å². The van der Waals surface area contributed by atoms with Gasteiger partial charge in [-0.3, -0.25) is 0 Å². The highest BCUT2D eigenvalue weighted by Gasteiger charge is 2.26. The Morgan fingerprint density at radius 3 is 2.76 bits per heavy atom. The third-order valence-corrected chi connectivity index (χ3v) is 3.30. The van der Waals surface area contributed by atoms with Crippen molar-refractivity contribution >= 4 is 5.69 Å². The summed E-state index contributed by atoms with van der Waals surface area (Å²) in [7, 11) is 0. The number of nitrogens with one attached hydrogen (secondary N) is 1. The Kier molecular flexibility index (Phi) is 2.63. The Morgan fingerprint density at radius 2 is 2.00 bits per heavy atom. The zero-order chi connectivity index (χ0) is 11.8. The van der Waals surface area contributed by atoms with Crippen molar-refractivity contribution in [2.45, 2.75) is 6.42 Å². The van der Waals surface area contributed by atoms with Crippen molar-refractivity contribution in [1.29, 1.82) is 0 Å². The second-order valence-electron chi connectivity index (χ2n) is 4.33. The van der Waals surface area contributed by atoms with Gasteiger partial charge in [-0.05, 0) is 0 Å². The number of piperazine rings is 1. The van der Waals surface area contributed by atoms with Gasteiger partial charge in [0.15, 0.2) is 11.6 Å². The molecule has 2 aliphatic rings. The number of hydrogen-bond acceptors (Lipinski definition) is 3. The highest BCUT2D eigenvalue weighted by molar-refractivity contribution is 5.57. The smallest absolute Gasteiger partial charge is 0.156 e. The minimum atomic E-state index is -0.523. The number of nitrogens with zero attached hydrogens (tertiary/aromatic N) is 1. The average Bonchev–Trinajstić information content (AvgIpc) is 2.78.